The number of methoxy groups -OCH3 is 2. The number of likely N-dealkylation sites (N-methyl/N-ethyl adjacent to an activating group) is 1. The van der Waals surface area contributed by atoms with Crippen LogP contribution in [0.25, 0.3) is 0 Å². The lowest BCUT2D eigenvalue weighted by Crippen LogP contribution is -2.41. The number of rotatable bonds is 4. The van der Waals surface area contributed by atoms with Gasteiger partial charge in [-0.15, -0.1) is 0 Å². The molecule has 1 amide bonds. The first kappa shape index (κ1) is 14.1. The van der Waals surface area contributed by atoms with Crippen LogP contribution in [-0.2, 0) is 10.2 Å². The Morgan fingerprint density at radius 1 is 1.35 bits per heavy atom. The third-order valence-electron chi connectivity index (χ3n) is 3.65. The maximum Gasteiger partial charge on any atom is 0.244 e. The van der Waals surface area contributed by atoms with Gasteiger partial charge in [0.05, 0.1) is 19.9 Å². The van der Waals surface area contributed by atoms with Crippen molar-refractivity contribution >= 4 is 11.6 Å². The van der Waals surface area contributed by atoms with E-state index in [9.17, 15) is 14.9 Å². The van der Waals surface area contributed by atoms with E-state index < -0.39 is 16.9 Å². The van der Waals surface area contributed by atoms with Crippen molar-refractivity contribution in [2.45, 2.75) is 12.3 Å². The zero-order valence-corrected chi connectivity index (χ0v) is 11.8. The van der Waals surface area contributed by atoms with Gasteiger partial charge in [0.1, 0.15) is 16.9 Å². The maximum absolute atomic E-state index is 12.4. The molecule has 1 aromatic rings. The summed E-state index contributed by atoms with van der Waals surface area (Å²) in [7, 11) is 4.56. The first-order valence-corrected chi connectivity index (χ1v) is 6.01. The number of carbonyl (C=O) groups excluding carboxylic acids is 1. The fourth-order valence-corrected chi connectivity index (χ4v) is 2.67. The van der Waals surface area contributed by atoms with Gasteiger partial charge in [0.2, 0.25) is 12.5 Å². The molecule has 2 rings (SSSR count). The molecule has 1 aromatic carbocycles. The number of nitro groups is 1. The first-order chi connectivity index (χ1) is 9.35. The SMILES string of the molecule is COc1cc(OC)c2c(c1)N(C)C(=O)[C@]2(C)C[N+](=O)[O-]. The Bertz CT molecular complexity index is 586. The highest BCUT2D eigenvalue weighted by atomic mass is 16.6. The molecule has 0 aromatic heterocycles. The molecule has 1 aliphatic heterocycles. The number of fused-ring (bicyclic) bond motifs is 1. The van der Waals surface area contributed by atoms with Gasteiger partial charge in [-0.1, -0.05) is 0 Å². The Labute approximate surface area is 116 Å². The summed E-state index contributed by atoms with van der Waals surface area (Å²) in [5.74, 6) is 0.628. The molecule has 0 aliphatic carbocycles. The number of ether oxygens (including phenoxy) is 2. The van der Waals surface area contributed by atoms with Crippen molar-refractivity contribution in [3.63, 3.8) is 0 Å². The molecule has 108 valence electrons. The van der Waals surface area contributed by atoms with Crippen LogP contribution < -0.4 is 14.4 Å². The highest BCUT2D eigenvalue weighted by Crippen LogP contribution is 2.48. The molecular formula is C13H16N2O5. The largest absolute Gasteiger partial charge is 0.497 e. The summed E-state index contributed by atoms with van der Waals surface area (Å²) in [6.07, 6.45) is 0. The summed E-state index contributed by atoms with van der Waals surface area (Å²) in [4.78, 5) is 24.3. The Balaban J connectivity index is 2.70. The van der Waals surface area contributed by atoms with Crippen molar-refractivity contribution in [1.29, 1.82) is 0 Å². The number of carbonyl (C=O) groups is 1. The third-order valence-corrected chi connectivity index (χ3v) is 3.65. The van der Waals surface area contributed by atoms with Crippen LogP contribution in [0.15, 0.2) is 12.1 Å². The van der Waals surface area contributed by atoms with Gasteiger partial charge < -0.3 is 14.4 Å². The molecule has 0 saturated carbocycles. The van der Waals surface area contributed by atoms with E-state index in [0.29, 0.717) is 22.7 Å². The van der Waals surface area contributed by atoms with E-state index in [4.69, 9.17) is 9.47 Å². The molecule has 7 nitrogen and oxygen atoms in total. The summed E-state index contributed by atoms with van der Waals surface area (Å²) < 4.78 is 10.5. The molecule has 7 heteroatoms. The van der Waals surface area contributed by atoms with E-state index in [-0.39, 0.29) is 5.91 Å². The number of hydrogen-bond donors (Lipinski definition) is 0. The van der Waals surface area contributed by atoms with Gasteiger partial charge >= 0.3 is 0 Å². The van der Waals surface area contributed by atoms with E-state index in [2.05, 4.69) is 0 Å². The summed E-state index contributed by atoms with van der Waals surface area (Å²) >= 11 is 0. The van der Waals surface area contributed by atoms with Gasteiger partial charge in [-0.2, -0.15) is 0 Å². The second-order valence-corrected chi connectivity index (χ2v) is 4.91. The van der Waals surface area contributed by atoms with Crippen LogP contribution in [-0.4, -0.2) is 38.6 Å². The summed E-state index contributed by atoms with van der Waals surface area (Å²) in [5, 5.41) is 10.9. The van der Waals surface area contributed by atoms with Gasteiger partial charge in [-0.25, -0.2) is 0 Å². The van der Waals surface area contributed by atoms with Crippen molar-refractivity contribution < 1.29 is 19.2 Å². The topological polar surface area (TPSA) is 81.9 Å². The second kappa shape index (κ2) is 4.66. The maximum atomic E-state index is 12.4. The predicted octanol–water partition coefficient (Wildman–Crippen LogP) is 1.21. The van der Waals surface area contributed by atoms with E-state index >= 15 is 0 Å². The lowest BCUT2D eigenvalue weighted by atomic mass is 9.83. The average Bonchev–Trinajstić information content (AvgIpc) is 2.59. The smallest absolute Gasteiger partial charge is 0.244 e. The molecule has 0 saturated heterocycles. The molecule has 0 radical (unpaired) electrons. The molecule has 0 spiro atoms. The normalized spacial score (nSPS) is 20.8. The molecule has 1 aliphatic rings. The lowest BCUT2D eigenvalue weighted by molar-refractivity contribution is -0.487. The van der Waals surface area contributed by atoms with Crippen LogP contribution in [0.4, 0.5) is 5.69 Å². The van der Waals surface area contributed by atoms with Crippen LogP contribution in [0.5, 0.6) is 11.5 Å². The van der Waals surface area contributed by atoms with E-state index in [1.54, 1.807) is 26.1 Å². The van der Waals surface area contributed by atoms with Crippen molar-refractivity contribution in [3.05, 3.63) is 27.8 Å². The number of hydrogen-bond acceptors (Lipinski definition) is 5. The zero-order chi connectivity index (χ0) is 15.1. The average molecular weight is 280 g/mol. The zero-order valence-electron chi connectivity index (χ0n) is 11.8. The molecule has 0 N–H and O–H groups in total. The van der Waals surface area contributed by atoms with Crippen molar-refractivity contribution in [2.24, 2.45) is 0 Å². The van der Waals surface area contributed by atoms with Crippen LogP contribution in [0, 0.1) is 10.1 Å². The quantitative estimate of drug-likeness (QED) is 0.611. The fraction of sp³-hybridized carbons (Fsp3) is 0.462. The second-order valence-electron chi connectivity index (χ2n) is 4.91. The van der Waals surface area contributed by atoms with Crippen molar-refractivity contribution in [2.75, 3.05) is 32.7 Å². The molecule has 0 fully saturated rings. The van der Waals surface area contributed by atoms with Crippen LogP contribution in [0.1, 0.15) is 12.5 Å². The Morgan fingerprint density at radius 3 is 2.50 bits per heavy atom. The lowest BCUT2D eigenvalue weighted by Gasteiger charge is -2.20. The highest BCUT2D eigenvalue weighted by molar-refractivity contribution is 6.08. The van der Waals surface area contributed by atoms with E-state index in [1.165, 1.54) is 19.1 Å². The molecule has 0 bridgehead atoms. The van der Waals surface area contributed by atoms with Crippen LogP contribution >= 0.6 is 0 Å². The summed E-state index contributed by atoms with van der Waals surface area (Å²) in [5.41, 5.74) is -0.119. The summed E-state index contributed by atoms with van der Waals surface area (Å²) in [6.45, 7) is 1.08. The summed E-state index contributed by atoms with van der Waals surface area (Å²) in [6, 6.07) is 3.31. The number of benzene rings is 1. The standard InChI is InChI=1S/C13H16N2O5/c1-13(7-15(17)18)11-9(14(2)12(13)16)5-8(19-3)6-10(11)20-4/h5-6H,7H2,1-4H3/t13-/m1/s1. The van der Waals surface area contributed by atoms with Gasteiger partial charge in [0, 0.05) is 29.7 Å². The minimum Gasteiger partial charge on any atom is -0.497 e. The van der Waals surface area contributed by atoms with Gasteiger partial charge in [-0.05, 0) is 6.92 Å². The van der Waals surface area contributed by atoms with Gasteiger partial charge in [-0.3, -0.25) is 14.9 Å². The Hall–Kier alpha value is -2.31. The number of anilines is 1. The monoisotopic (exact) mass is 280 g/mol. The van der Waals surface area contributed by atoms with E-state index in [0.717, 1.165) is 0 Å². The van der Waals surface area contributed by atoms with Gasteiger partial charge in [0.15, 0.2) is 0 Å². The molecule has 0 unspecified atom stereocenters. The molecule has 20 heavy (non-hydrogen) atoms. The molecule has 1 heterocycles. The minimum absolute atomic E-state index is 0.323. The highest BCUT2D eigenvalue weighted by Gasteiger charge is 2.52. The third kappa shape index (κ3) is 1.86. The number of nitrogens with zero attached hydrogens (tertiary/aromatic N) is 2. The van der Waals surface area contributed by atoms with E-state index in [1.807, 2.05) is 0 Å². The van der Waals surface area contributed by atoms with Crippen LogP contribution in [0.3, 0.4) is 0 Å². The molecule has 1 atom stereocenters. The molecular weight excluding hydrogens is 264 g/mol. The van der Waals surface area contributed by atoms with Crippen molar-refractivity contribution in [3.8, 4) is 11.5 Å². The predicted molar refractivity (Wildman–Crippen MR) is 72.2 cm³/mol. The number of amides is 1. The minimum atomic E-state index is -1.23. The first-order valence-electron chi connectivity index (χ1n) is 6.01. The Kier molecular flexibility index (Phi) is 3.29. The van der Waals surface area contributed by atoms with Gasteiger partial charge in [0.25, 0.3) is 0 Å². The van der Waals surface area contributed by atoms with Crippen LogP contribution in [0.2, 0.25) is 0 Å². The Morgan fingerprint density at radius 2 is 2.00 bits per heavy atom. The fourth-order valence-electron chi connectivity index (χ4n) is 2.67. The van der Waals surface area contributed by atoms with Crippen molar-refractivity contribution in [1.82, 2.24) is 0 Å².